The number of hydrogen-bond donors (Lipinski definition) is 0. The van der Waals surface area contributed by atoms with E-state index in [9.17, 15) is 13.2 Å². The predicted octanol–water partition coefficient (Wildman–Crippen LogP) is 1.64. The maximum absolute atomic E-state index is 13.0. The summed E-state index contributed by atoms with van der Waals surface area (Å²) in [4.78, 5) is 19.9. The van der Waals surface area contributed by atoms with Crippen molar-refractivity contribution in [1.82, 2.24) is 14.7 Å². The maximum Gasteiger partial charge on any atom is 0.254 e. The number of likely N-dealkylation sites (tertiary alicyclic amines) is 1. The van der Waals surface area contributed by atoms with Crippen LogP contribution in [0.5, 0.6) is 0 Å². The van der Waals surface area contributed by atoms with Crippen molar-refractivity contribution in [2.75, 3.05) is 52.6 Å². The second-order valence-electron chi connectivity index (χ2n) is 7.97. The van der Waals surface area contributed by atoms with Crippen LogP contribution in [0.1, 0.15) is 35.2 Å². The van der Waals surface area contributed by atoms with E-state index in [-0.39, 0.29) is 10.8 Å². The van der Waals surface area contributed by atoms with Crippen molar-refractivity contribution < 1.29 is 13.2 Å². The van der Waals surface area contributed by atoms with E-state index >= 15 is 0 Å². The summed E-state index contributed by atoms with van der Waals surface area (Å²) in [6.07, 6.45) is 5.03. The fourth-order valence-electron chi connectivity index (χ4n) is 4.04. The molecule has 1 amide bonds. The highest BCUT2D eigenvalue weighted by atomic mass is 32.2. The van der Waals surface area contributed by atoms with Crippen LogP contribution in [0.25, 0.3) is 0 Å². The summed E-state index contributed by atoms with van der Waals surface area (Å²) < 4.78 is 23.6. The number of sulfone groups is 1. The highest BCUT2D eigenvalue weighted by Crippen LogP contribution is 2.20. The molecule has 0 bridgehead atoms. The Bertz CT molecular complexity index is 786. The fraction of sp³-hybridized carbons (Fsp3) is 0.650. The summed E-state index contributed by atoms with van der Waals surface area (Å²) in [5.74, 6) is -0.0626. The Hall–Kier alpha value is -1.44. The van der Waals surface area contributed by atoms with Crippen molar-refractivity contribution in [3.8, 4) is 0 Å². The quantitative estimate of drug-likeness (QED) is 0.778. The van der Waals surface area contributed by atoms with E-state index < -0.39 is 9.84 Å². The number of piperidine rings is 1. The van der Waals surface area contributed by atoms with Crippen molar-refractivity contribution in [2.45, 2.75) is 37.1 Å². The van der Waals surface area contributed by atoms with Gasteiger partial charge in [-0.3, -0.25) is 9.69 Å². The van der Waals surface area contributed by atoms with Gasteiger partial charge in [-0.25, -0.2) is 8.42 Å². The van der Waals surface area contributed by atoms with Crippen LogP contribution in [0.3, 0.4) is 0 Å². The van der Waals surface area contributed by atoms with Gasteiger partial charge in [-0.2, -0.15) is 0 Å². The number of piperazine rings is 1. The second-order valence-corrected chi connectivity index (χ2v) is 9.99. The lowest BCUT2D eigenvalue weighted by Crippen LogP contribution is -2.53. The molecule has 3 rings (SSSR count). The molecule has 2 aliphatic rings. The van der Waals surface area contributed by atoms with Gasteiger partial charge in [0.05, 0.1) is 4.90 Å². The van der Waals surface area contributed by atoms with Gasteiger partial charge >= 0.3 is 0 Å². The van der Waals surface area contributed by atoms with Crippen LogP contribution >= 0.6 is 0 Å². The zero-order valence-electron chi connectivity index (χ0n) is 16.6. The first-order valence-electron chi connectivity index (χ1n) is 9.78. The van der Waals surface area contributed by atoms with Crippen molar-refractivity contribution in [2.24, 2.45) is 0 Å². The maximum atomic E-state index is 13.0. The highest BCUT2D eigenvalue weighted by Gasteiger charge is 2.27. The van der Waals surface area contributed by atoms with Gasteiger partial charge in [0.15, 0.2) is 9.84 Å². The summed E-state index contributed by atoms with van der Waals surface area (Å²) >= 11 is 0. The smallest absolute Gasteiger partial charge is 0.254 e. The fourth-order valence-corrected chi connectivity index (χ4v) is 4.69. The average Bonchev–Trinajstić information content (AvgIpc) is 2.63. The van der Waals surface area contributed by atoms with Crippen LogP contribution in [0.4, 0.5) is 0 Å². The van der Waals surface area contributed by atoms with Gasteiger partial charge in [0.2, 0.25) is 0 Å². The Morgan fingerprint density at radius 2 is 1.81 bits per heavy atom. The summed E-state index contributed by atoms with van der Waals surface area (Å²) in [5.41, 5.74) is 1.32. The van der Waals surface area contributed by atoms with Gasteiger partial charge in [0, 0.05) is 50.6 Å². The molecule has 1 aromatic carbocycles. The number of likely N-dealkylation sites (N-methyl/N-ethyl adjacent to an activating group) is 1. The molecular formula is C20H31N3O3S. The molecule has 1 atom stereocenters. The Kier molecular flexibility index (Phi) is 6.23. The summed E-state index contributed by atoms with van der Waals surface area (Å²) in [7, 11) is -1.11. The van der Waals surface area contributed by atoms with Gasteiger partial charge < -0.3 is 9.80 Å². The lowest BCUT2D eigenvalue weighted by Gasteiger charge is -2.40. The SMILES string of the molecule is Cc1ccc(S(C)(=O)=O)cc1C(=O)N1CCN(CC2CCCCN2C)CC1. The molecule has 6 nitrogen and oxygen atoms in total. The van der Waals surface area contributed by atoms with E-state index in [1.165, 1.54) is 38.1 Å². The number of carbonyl (C=O) groups is 1. The number of amides is 1. The Balaban J connectivity index is 1.62. The lowest BCUT2D eigenvalue weighted by atomic mass is 10.0. The molecule has 27 heavy (non-hydrogen) atoms. The molecule has 0 radical (unpaired) electrons. The van der Waals surface area contributed by atoms with Gasteiger partial charge in [0.25, 0.3) is 5.91 Å². The molecule has 150 valence electrons. The van der Waals surface area contributed by atoms with Crippen LogP contribution < -0.4 is 0 Å². The van der Waals surface area contributed by atoms with E-state index in [1.807, 2.05) is 11.8 Å². The molecule has 1 aromatic rings. The van der Waals surface area contributed by atoms with E-state index in [4.69, 9.17) is 0 Å². The van der Waals surface area contributed by atoms with Crippen LogP contribution in [0, 0.1) is 6.92 Å². The average molecular weight is 394 g/mol. The van der Waals surface area contributed by atoms with Crippen LogP contribution in [-0.2, 0) is 9.84 Å². The van der Waals surface area contributed by atoms with Gasteiger partial charge in [0.1, 0.15) is 0 Å². The molecule has 2 saturated heterocycles. The Labute approximate surface area is 163 Å². The van der Waals surface area contributed by atoms with Crippen molar-refractivity contribution in [1.29, 1.82) is 0 Å². The largest absolute Gasteiger partial charge is 0.336 e. The molecule has 0 N–H and O–H groups in total. The number of aryl methyl sites for hydroxylation is 1. The molecule has 2 aliphatic heterocycles. The number of carbonyl (C=O) groups excluding carboxylic acids is 1. The highest BCUT2D eigenvalue weighted by molar-refractivity contribution is 7.90. The number of rotatable bonds is 4. The van der Waals surface area contributed by atoms with E-state index in [0.29, 0.717) is 24.7 Å². The molecule has 0 saturated carbocycles. The second kappa shape index (κ2) is 8.29. The summed E-state index contributed by atoms with van der Waals surface area (Å²) in [5, 5.41) is 0. The molecule has 0 aliphatic carbocycles. The standard InChI is InChI=1S/C20H31N3O3S/c1-16-7-8-18(27(3,25)26)14-19(16)20(24)23-12-10-22(11-13-23)15-17-6-4-5-9-21(17)2/h7-8,14,17H,4-6,9-13,15H2,1-3H3. The molecule has 0 aromatic heterocycles. The molecular weight excluding hydrogens is 362 g/mol. The van der Waals surface area contributed by atoms with Gasteiger partial charge in [-0.1, -0.05) is 12.5 Å². The number of nitrogens with zero attached hydrogens (tertiary/aromatic N) is 3. The predicted molar refractivity (Wildman–Crippen MR) is 107 cm³/mol. The van der Waals surface area contributed by atoms with Crippen molar-refractivity contribution >= 4 is 15.7 Å². The minimum absolute atomic E-state index is 0.0626. The van der Waals surface area contributed by atoms with Crippen LogP contribution in [0.2, 0.25) is 0 Å². The number of benzene rings is 1. The first-order valence-corrected chi connectivity index (χ1v) is 11.7. The number of hydrogen-bond acceptors (Lipinski definition) is 5. The molecule has 2 fully saturated rings. The van der Waals surface area contributed by atoms with Gasteiger partial charge in [-0.05, 0) is 51.1 Å². The van der Waals surface area contributed by atoms with Crippen LogP contribution in [0.15, 0.2) is 23.1 Å². The topological polar surface area (TPSA) is 60.9 Å². The molecule has 7 heteroatoms. The minimum Gasteiger partial charge on any atom is -0.336 e. The molecule has 1 unspecified atom stereocenters. The van der Waals surface area contributed by atoms with Crippen molar-refractivity contribution in [3.05, 3.63) is 29.3 Å². The molecule has 2 heterocycles. The third-order valence-electron chi connectivity index (χ3n) is 5.92. The molecule has 0 spiro atoms. The third-order valence-corrected chi connectivity index (χ3v) is 7.03. The van der Waals surface area contributed by atoms with E-state index in [1.54, 1.807) is 12.1 Å². The normalized spacial score (nSPS) is 22.8. The van der Waals surface area contributed by atoms with E-state index in [0.717, 1.165) is 25.2 Å². The summed E-state index contributed by atoms with van der Waals surface area (Å²) in [6.45, 7) is 7.24. The lowest BCUT2D eigenvalue weighted by molar-refractivity contribution is 0.0564. The monoisotopic (exact) mass is 393 g/mol. The van der Waals surface area contributed by atoms with Gasteiger partial charge in [-0.15, -0.1) is 0 Å². The Morgan fingerprint density at radius 1 is 1.11 bits per heavy atom. The zero-order chi connectivity index (χ0) is 19.6. The van der Waals surface area contributed by atoms with Crippen LogP contribution in [-0.4, -0.2) is 87.6 Å². The third kappa shape index (κ3) is 4.89. The first-order chi connectivity index (χ1) is 12.8. The Morgan fingerprint density at radius 3 is 2.44 bits per heavy atom. The first kappa shape index (κ1) is 20.3. The summed E-state index contributed by atoms with van der Waals surface area (Å²) in [6, 6.07) is 5.43. The zero-order valence-corrected chi connectivity index (χ0v) is 17.5. The van der Waals surface area contributed by atoms with Crippen molar-refractivity contribution in [3.63, 3.8) is 0 Å². The minimum atomic E-state index is -3.32. The van der Waals surface area contributed by atoms with E-state index in [2.05, 4.69) is 16.8 Å².